The lowest BCUT2D eigenvalue weighted by Crippen LogP contribution is -3.00. The number of nitrogens with zero attached hydrogens (tertiary/aromatic N) is 2. The third-order valence-corrected chi connectivity index (χ3v) is 1.97. The molecule has 0 radical (unpaired) electrons. The van der Waals surface area contributed by atoms with Crippen molar-refractivity contribution in [2.24, 2.45) is 0 Å². The Balaban J connectivity index is 0.00000196. The Kier molecular flexibility index (Phi) is 5.93. The smallest absolute Gasteiger partial charge is 0.309 e. The van der Waals surface area contributed by atoms with Crippen molar-refractivity contribution in [3.63, 3.8) is 0 Å². The fraction of sp³-hybridized carbons (Fsp3) is 0.400. The highest BCUT2D eigenvalue weighted by Gasteiger charge is 2.04. The summed E-state index contributed by atoms with van der Waals surface area (Å²) in [6.07, 6.45) is 3.93. The number of aliphatic carboxylic acids is 1. The van der Waals surface area contributed by atoms with Crippen LogP contribution in [0.25, 0.3) is 0 Å². The van der Waals surface area contributed by atoms with E-state index in [1.165, 1.54) is 0 Å². The number of rotatable bonds is 4. The van der Waals surface area contributed by atoms with E-state index in [1.54, 1.807) is 0 Å². The van der Waals surface area contributed by atoms with E-state index in [2.05, 4.69) is 0 Å². The molecule has 1 rings (SSSR count). The number of pyridine rings is 1. The second kappa shape index (κ2) is 6.40. The van der Waals surface area contributed by atoms with Crippen LogP contribution in [0.2, 0.25) is 0 Å². The molecule has 0 saturated heterocycles. The van der Waals surface area contributed by atoms with E-state index < -0.39 is 5.97 Å². The fourth-order valence-electron chi connectivity index (χ4n) is 1.12. The number of aromatic nitrogens is 1. The van der Waals surface area contributed by atoms with Gasteiger partial charge in [0.05, 0.1) is 0 Å². The number of carboxylic acid groups (broad SMARTS) is 1. The Morgan fingerprint density at radius 3 is 2.33 bits per heavy atom. The van der Waals surface area contributed by atoms with Gasteiger partial charge >= 0.3 is 5.97 Å². The average Bonchev–Trinajstić information content (AvgIpc) is 2.15. The van der Waals surface area contributed by atoms with Crippen molar-refractivity contribution in [2.75, 3.05) is 19.0 Å². The Morgan fingerprint density at radius 2 is 1.93 bits per heavy atom. The van der Waals surface area contributed by atoms with Gasteiger partial charge in [0.15, 0.2) is 18.9 Å². The van der Waals surface area contributed by atoms with Gasteiger partial charge in [0.2, 0.25) is 0 Å². The standard InChI is InChI=1S/C10H14N2O2.BrH/c1-11(2)9-3-6-12(7-4-9)8-5-10(13)14;/h3-4,6-7H,5,8H2,1-2H3;1H. The van der Waals surface area contributed by atoms with Crippen molar-refractivity contribution in [1.82, 2.24) is 0 Å². The summed E-state index contributed by atoms with van der Waals surface area (Å²) in [7, 11) is 3.94. The van der Waals surface area contributed by atoms with Gasteiger partial charge in [0, 0.05) is 31.9 Å². The number of aryl methyl sites for hydroxylation is 1. The van der Waals surface area contributed by atoms with E-state index in [4.69, 9.17) is 5.11 Å². The predicted octanol–water partition coefficient (Wildman–Crippen LogP) is -2.48. The average molecular weight is 275 g/mol. The van der Waals surface area contributed by atoms with Gasteiger partial charge in [0.25, 0.3) is 0 Å². The van der Waals surface area contributed by atoms with Crippen LogP contribution in [-0.4, -0.2) is 25.2 Å². The van der Waals surface area contributed by atoms with E-state index in [-0.39, 0.29) is 23.4 Å². The van der Waals surface area contributed by atoms with Crippen LogP contribution in [0.4, 0.5) is 5.69 Å². The summed E-state index contributed by atoms with van der Waals surface area (Å²) in [4.78, 5) is 12.3. The minimum absolute atomic E-state index is 0. The largest absolute Gasteiger partial charge is 1.00 e. The Morgan fingerprint density at radius 1 is 1.40 bits per heavy atom. The lowest BCUT2D eigenvalue weighted by molar-refractivity contribution is -0.695. The maximum absolute atomic E-state index is 10.3. The first-order valence-electron chi connectivity index (χ1n) is 4.48. The number of halogens is 1. The summed E-state index contributed by atoms with van der Waals surface area (Å²) >= 11 is 0. The predicted molar refractivity (Wildman–Crippen MR) is 53.2 cm³/mol. The topological polar surface area (TPSA) is 44.4 Å². The lowest BCUT2D eigenvalue weighted by Gasteiger charge is -2.10. The van der Waals surface area contributed by atoms with Crippen molar-refractivity contribution in [2.45, 2.75) is 13.0 Å². The molecule has 0 atom stereocenters. The third kappa shape index (κ3) is 4.78. The molecule has 0 aliphatic heterocycles. The Labute approximate surface area is 99.9 Å². The molecule has 0 saturated carbocycles. The number of carbonyl (C=O) groups is 1. The van der Waals surface area contributed by atoms with Gasteiger partial charge in [-0.25, -0.2) is 4.57 Å². The molecule has 1 aromatic heterocycles. The van der Waals surface area contributed by atoms with Crippen molar-refractivity contribution < 1.29 is 31.4 Å². The van der Waals surface area contributed by atoms with E-state index in [1.807, 2.05) is 48.1 Å². The van der Waals surface area contributed by atoms with Gasteiger partial charge < -0.3 is 27.0 Å². The van der Waals surface area contributed by atoms with E-state index in [0.717, 1.165) is 5.69 Å². The maximum Gasteiger partial charge on any atom is 0.309 e. The first kappa shape index (κ1) is 13.9. The Bertz CT molecular complexity index is 312. The maximum atomic E-state index is 10.3. The highest BCUT2D eigenvalue weighted by molar-refractivity contribution is 5.66. The first-order valence-corrected chi connectivity index (χ1v) is 4.48. The van der Waals surface area contributed by atoms with Crippen molar-refractivity contribution in [1.29, 1.82) is 0 Å². The van der Waals surface area contributed by atoms with Gasteiger partial charge in [-0.1, -0.05) is 0 Å². The highest BCUT2D eigenvalue weighted by Crippen LogP contribution is 2.05. The van der Waals surface area contributed by atoms with Crippen molar-refractivity contribution in [3.8, 4) is 0 Å². The molecule has 0 spiro atoms. The summed E-state index contributed by atoms with van der Waals surface area (Å²) in [6, 6.07) is 3.92. The summed E-state index contributed by atoms with van der Waals surface area (Å²) in [6.45, 7) is 0.517. The monoisotopic (exact) mass is 274 g/mol. The second-order valence-corrected chi connectivity index (χ2v) is 3.33. The molecule has 1 N–H and O–H groups in total. The highest BCUT2D eigenvalue weighted by atomic mass is 79.9. The molecule has 5 heteroatoms. The molecule has 0 fully saturated rings. The second-order valence-electron chi connectivity index (χ2n) is 3.33. The molecule has 0 amide bonds. The quantitative estimate of drug-likeness (QED) is 0.619. The summed E-state index contributed by atoms with van der Waals surface area (Å²) in [5.41, 5.74) is 1.11. The number of hydrogen-bond donors (Lipinski definition) is 1. The zero-order valence-corrected chi connectivity index (χ0v) is 10.4. The van der Waals surface area contributed by atoms with Gasteiger partial charge in [-0.2, -0.15) is 0 Å². The zero-order chi connectivity index (χ0) is 10.6. The summed E-state index contributed by atoms with van der Waals surface area (Å²) < 4.78 is 1.86. The van der Waals surface area contributed by atoms with E-state index >= 15 is 0 Å². The van der Waals surface area contributed by atoms with E-state index in [9.17, 15) is 4.79 Å². The van der Waals surface area contributed by atoms with Crippen LogP contribution in [0.3, 0.4) is 0 Å². The van der Waals surface area contributed by atoms with Gasteiger partial charge in [-0.3, -0.25) is 4.79 Å². The summed E-state index contributed by atoms with van der Waals surface area (Å²) in [5.74, 6) is -0.769. The minimum atomic E-state index is -0.769. The van der Waals surface area contributed by atoms with Crippen LogP contribution in [0.5, 0.6) is 0 Å². The van der Waals surface area contributed by atoms with Crippen LogP contribution in [0.1, 0.15) is 6.42 Å². The Hall–Kier alpha value is -1.10. The third-order valence-electron chi connectivity index (χ3n) is 1.97. The first-order chi connectivity index (χ1) is 6.59. The van der Waals surface area contributed by atoms with Crippen LogP contribution in [0, 0.1) is 0 Å². The number of carboxylic acids is 1. The minimum Gasteiger partial charge on any atom is -1.00 e. The molecule has 0 unspecified atom stereocenters. The lowest BCUT2D eigenvalue weighted by atomic mass is 10.3. The molecule has 0 aliphatic carbocycles. The molecule has 1 heterocycles. The molecule has 15 heavy (non-hydrogen) atoms. The normalized spacial score (nSPS) is 9.20. The number of hydrogen-bond acceptors (Lipinski definition) is 2. The molecule has 1 aromatic rings. The van der Waals surface area contributed by atoms with Crippen LogP contribution >= 0.6 is 0 Å². The summed E-state index contributed by atoms with van der Waals surface area (Å²) in [5, 5.41) is 8.50. The van der Waals surface area contributed by atoms with Crippen LogP contribution < -0.4 is 26.4 Å². The zero-order valence-electron chi connectivity index (χ0n) is 8.85. The van der Waals surface area contributed by atoms with Crippen molar-refractivity contribution in [3.05, 3.63) is 24.5 Å². The van der Waals surface area contributed by atoms with Gasteiger partial charge in [0.1, 0.15) is 6.42 Å². The molecule has 4 nitrogen and oxygen atoms in total. The van der Waals surface area contributed by atoms with Crippen LogP contribution in [-0.2, 0) is 11.3 Å². The molecule has 84 valence electrons. The fourth-order valence-corrected chi connectivity index (χ4v) is 1.12. The molecule has 0 aromatic carbocycles. The number of anilines is 1. The van der Waals surface area contributed by atoms with Gasteiger partial charge in [-0.15, -0.1) is 0 Å². The van der Waals surface area contributed by atoms with Crippen molar-refractivity contribution >= 4 is 11.7 Å². The molecule has 0 bridgehead atoms. The molecular formula is C10H15BrN2O2. The molecular weight excluding hydrogens is 260 g/mol. The van der Waals surface area contributed by atoms with Crippen LogP contribution in [0.15, 0.2) is 24.5 Å². The SMILES string of the molecule is CN(C)c1cc[n+](CCC(=O)O)cc1.[Br-]. The van der Waals surface area contributed by atoms with E-state index in [0.29, 0.717) is 6.54 Å². The van der Waals surface area contributed by atoms with Gasteiger partial charge in [-0.05, 0) is 0 Å². The molecule has 0 aliphatic rings.